The van der Waals surface area contributed by atoms with Crippen molar-refractivity contribution in [3.8, 4) is 0 Å². The summed E-state index contributed by atoms with van der Waals surface area (Å²) in [5.74, 6) is -0.510. The Balaban J connectivity index is 2.29. The molecular weight excluding hydrogens is 240 g/mol. The van der Waals surface area contributed by atoms with E-state index in [9.17, 15) is 4.79 Å². The molecule has 0 radical (unpaired) electrons. The molecule has 0 bridgehead atoms. The van der Waals surface area contributed by atoms with Gasteiger partial charge in [-0.25, -0.2) is 4.79 Å². The molecule has 0 saturated heterocycles. The molecule has 0 saturated carbocycles. The Hall–Kier alpha value is -2.10. The van der Waals surface area contributed by atoms with Crippen LogP contribution in [-0.4, -0.2) is 20.9 Å². The second kappa shape index (κ2) is 5.69. The zero-order valence-corrected chi connectivity index (χ0v) is 11.2. The Morgan fingerprint density at radius 1 is 1.32 bits per heavy atom. The average molecular weight is 258 g/mol. The quantitative estimate of drug-likeness (QED) is 0.897. The Bertz CT molecular complexity index is 559. The van der Waals surface area contributed by atoms with Crippen molar-refractivity contribution in [2.24, 2.45) is 5.92 Å². The Labute approximate surface area is 112 Å². The summed E-state index contributed by atoms with van der Waals surface area (Å²) < 4.78 is 1.79. The van der Waals surface area contributed by atoms with E-state index >= 15 is 0 Å². The molecule has 0 unspecified atom stereocenters. The van der Waals surface area contributed by atoms with E-state index in [0.29, 0.717) is 12.5 Å². The lowest BCUT2D eigenvalue weighted by molar-refractivity contribution is 0.0689. The van der Waals surface area contributed by atoms with Gasteiger partial charge in [-0.1, -0.05) is 44.2 Å². The van der Waals surface area contributed by atoms with Crippen LogP contribution in [0.5, 0.6) is 0 Å². The summed E-state index contributed by atoms with van der Waals surface area (Å²) in [6, 6.07) is 11.6. The van der Waals surface area contributed by atoms with Crippen LogP contribution in [0.2, 0.25) is 0 Å². The van der Waals surface area contributed by atoms with Crippen LogP contribution in [0.15, 0.2) is 36.4 Å². The topological polar surface area (TPSA) is 55.1 Å². The number of hydrogen-bond donors (Lipinski definition) is 1. The van der Waals surface area contributed by atoms with Gasteiger partial charge in [0.2, 0.25) is 0 Å². The summed E-state index contributed by atoms with van der Waals surface area (Å²) in [4.78, 5) is 11.0. The van der Waals surface area contributed by atoms with E-state index in [2.05, 4.69) is 18.9 Å². The van der Waals surface area contributed by atoms with Crippen molar-refractivity contribution in [2.75, 3.05) is 0 Å². The minimum atomic E-state index is -0.975. The first-order chi connectivity index (χ1) is 9.06. The van der Waals surface area contributed by atoms with Crippen LogP contribution in [0.1, 0.15) is 35.6 Å². The zero-order chi connectivity index (χ0) is 13.8. The molecule has 2 aromatic rings. The molecule has 100 valence electrons. The van der Waals surface area contributed by atoms with E-state index in [4.69, 9.17) is 5.11 Å². The van der Waals surface area contributed by atoms with Gasteiger partial charge in [0, 0.05) is 5.69 Å². The Morgan fingerprint density at radius 2 is 2.00 bits per heavy atom. The zero-order valence-electron chi connectivity index (χ0n) is 11.2. The first kappa shape index (κ1) is 13.3. The number of carboxylic acids is 1. The molecule has 1 aromatic heterocycles. The van der Waals surface area contributed by atoms with Crippen LogP contribution < -0.4 is 0 Å². The molecule has 0 aliphatic heterocycles. The van der Waals surface area contributed by atoms with Gasteiger partial charge in [-0.05, 0) is 24.0 Å². The number of hydrogen-bond acceptors (Lipinski definition) is 2. The summed E-state index contributed by atoms with van der Waals surface area (Å²) in [6.07, 6.45) is 0.827. The molecule has 1 N–H and O–H groups in total. The maximum absolute atomic E-state index is 11.0. The number of aromatic nitrogens is 2. The van der Waals surface area contributed by atoms with Crippen molar-refractivity contribution in [2.45, 2.75) is 26.8 Å². The van der Waals surface area contributed by atoms with Crippen LogP contribution in [0.3, 0.4) is 0 Å². The van der Waals surface area contributed by atoms with Gasteiger partial charge >= 0.3 is 5.97 Å². The smallest absolute Gasteiger partial charge is 0.356 e. The third-order valence-electron chi connectivity index (χ3n) is 2.87. The third kappa shape index (κ3) is 3.44. The predicted molar refractivity (Wildman–Crippen MR) is 73.3 cm³/mol. The van der Waals surface area contributed by atoms with E-state index in [0.717, 1.165) is 17.7 Å². The monoisotopic (exact) mass is 258 g/mol. The number of carbonyl (C=O) groups is 1. The van der Waals surface area contributed by atoms with Gasteiger partial charge in [-0.2, -0.15) is 5.10 Å². The summed E-state index contributed by atoms with van der Waals surface area (Å²) in [6.45, 7) is 4.83. The van der Waals surface area contributed by atoms with E-state index in [1.54, 1.807) is 10.7 Å². The van der Waals surface area contributed by atoms with Crippen LogP contribution >= 0.6 is 0 Å². The Morgan fingerprint density at radius 3 is 2.58 bits per heavy atom. The molecule has 1 aromatic carbocycles. The summed E-state index contributed by atoms with van der Waals surface area (Å²) in [7, 11) is 0. The third-order valence-corrected chi connectivity index (χ3v) is 2.87. The molecule has 0 fully saturated rings. The molecular formula is C15H18N2O2. The largest absolute Gasteiger partial charge is 0.476 e. The molecule has 4 heteroatoms. The Kier molecular flexibility index (Phi) is 4.00. The number of benzene rings is 1. The summed E-state index contributed by atoms with van der Waals surface area (Å²) in [5, 5.41) is 13.2. The lowest BCUT2D eigenvalue weighted by Crippen LogP contribution is -2.09. The fraction of sp³-hybridized carbons (Fsp3) is 0.333. The number of aromatic carboxylic acids is 1. The molecule has 0 atom stereocenters. The molecule has 1 heterocycles. The molecule has 0 aliphatic rings. The van der Waals surface area contributed by atoms with Crippen molar-refractivity contribution in [3.63, 3.8) is 0 Å². The van der Waals surface area contributed by atoms with Crippen molar-refractivity contribution >= 4 is 5.97 Å². The second-order valence-corrected chi connectivity index (χ2v) is 5.07. The minimum absolute atomic E-state index is 0.117. The fourth-order valence-electron chi connectivity index (χ4n) is 2.04. The molecule has 0 aliphatic carbocycles. The number of carboxylic acid groups (broad SMARTS) is 1. The molecule has 0 amide bonds. The fourth-order valence-corrected chi connectivity index (χ4v) is 2.04. The minimum Gasteiger partial charge on any atom is -0.476 e. The highest BCUT2D eigenvalue weighted by Crippen LogP contribution is 2.13. The normalized spacial score (nSPS) is 10.9. The molecule has 2 rings (SSSR count). The van der Waals surface area contributed by atoms with E-state index < -0.39 is 5.97 Å². The lowest BCUT2D eigenvalue weighted by Gasteiger charge is -2.09. The number of nitrogens with zero attached hydrogens (tertiary/aromatic N) is 2. The highest BCUT2D eigenvalue weighted by molar-refractivity contribution is 5.85. The van der Waals surface area contributed by atoms with Crippen LogP contribution in [0.4, 0.5) is 0 Å². The van der Waals surface area contributed by atoms with E-state index in [1.807, 2.05) is 30.3 Å². The standard InChI is InChI=1S/C15H18N2O2/c1-11(2)8-13-9-14(15(18)19)16-17(13)10-12-6-4-3-5-7-12/h3-7,9,11H,8,10H2,1-2H3,(H,18,19). The van der Waals surface area contributed by atoms with E-state index in [-0.39, 0.29) is 5.69 Å². The van der Waals surface area contributed by atoms with Gasteiger partial charge in [0.25, 0.3) is 0 Å². The predicted octanol–water partition coefficient (Wildman–Crippen LogP) is 2.83. The van der Waals surface area contributed by atoms with Gasteiger partial charge in [0.15, 0.2) is 5.69 Å². The van der Waals surface area contributed by atoms with Crippen molar-refractivity contribution < 1.29 is 9.90 Å². The second-order valence-electron chi connectivity index (χ2n) is 5.07. The van der Waals surface area contributed by atoms with Gasteiger partial charge in [0.1, 0.15) is 0 Å². The molecule has 0 spiro atoms. The summed E-state index contributed by atoms with van der Waals surface area (Å²) in [5.41, 5.74) is 2.20. The van der Waals surface area contributed by atoms with Gasteiger partial charge in [-0.15, -0.1) is 0 Å². The number of rotatable bonds is 5. The van der Waals surface area contributed by atoms with Crippen molar-refractivity contribution in [1.82, 2.24) is 9.78 Å². The van der Waals surface area contributed by atoms with Crippen molar-refractivity contribution in [3.05, 3.63) is 53.3 Å². The van der Waals surface area contributed by atoms with Crippen LogP contribution in [-0.2, 0) is 13.0 Å². The molecule has 4 nitrogen and oxygen atoms in total. The first-order valence-corrected chi connectivity index (χ1v) is 6.40. The molecule has 19 heavy (non-hydrogen) atoms. The van der Waals surface area contributed by atoms with Crippen LogP contribution in [0, 0.1) is 5.92 Å². The van der Waals surface area contributed by atoms with Crippen molar-refractivity contribution in [1.29, 1.82) is 0 Å². The SMILES string of the molecule is CC(C)Cc1cc(C(=O)O)nn1Cc1ccccc1. The van der Waals surface area contributed by atoms with Crippen LogP contribution in [0.25, 0.3) is 0 Å². The van der Waals surface area contributed by atoms with E-state index in [1.165, 1.54) is 0 Å². The highest BCUT2D eigenvalue weighted by Gasteiger charge is 2.14. The maximum Gasteiger partial charge on any atom is 0.356 e. The lowest BCUT2D eigenvalue weighted by atomic mass is 10.1. The van der Waals surface area contributed by atoms with Gasteiger partial charge in [-0.3, -0.25) is 4.68 Å². The highest BCUT2D eigenvalue weighted by atomic mass is 16.4. The average Bonchev–Trinajstić information content (AvgIpc) is 2.73. The van der Waals surface area contributed by atoms with Gasteiger partial charge in [0.05, 0.1) is 6.54 Å². The first-order valence-electron chi connectivity index (χ1n) is 6.40. The summed E-state index contributed by atoms with van der Waals surface area (Å²) >= 11 is 0. The maximum atomic E-state index is 11.0. The van der Waals surface area contributed by atoms with Gasteiger partial charge < -0.3 is 5.11 Å².